The Morgan fingerprint density at radius 3 is 2.44 bits per heavy atom. The Kier molecular flexibility index (Phi) is 7.14. The van der Waals surface area contributed by atoms with E-state index < -0.39 is 0 Å². The van der Waals surface area contributed by atoms with Gasteiger partial charge in [-0.25, -0.2) is 0 Å². The minimum atomic E-state index is -0.0984. The number of para-hydroxylation sites is 2. The van der Waals surface area contributed by atoms with Gasteiger partial charge in [0.2, 0.25) is 0 Å². The van der Waals surface area contributed by atoms with Gasteiger partial charge in [-0.15, -0.1) is 0 Å². The summed E-state index contributed by atoms with van der Waals surface area (Å²) in [5.41, 5.74) is 13.6. The van der Waals surface area contributed by atoms with Gasteiger partial charge in [0.05, 0.1) is 11.0 Å². The number of dihydropyridines is 1. The summed E-state index contributed by atoms with van der Waals surface area (Å²) in [4.78, 5) is 2.63. The second kappa shape index (κ2) is 11.5. The predicted molar refractivity (Wildman–Crippen MR) is 213 cm³/mol. The molecule has 3 atom stereocenters. The van der Waals surface area contributed by atoms with Gasteiger partial charge in [-0.3, -0.25) is 0 Å². The minimum Gasteiger partial charge on any atom is -0.368 e. The summed E-state index contributed by atoms with van der Waals surface area (Å²) in [6.45, 7) is 12.9. The highest BCUT2D eigenvalue weighted by molar-refractivity contribution is 6.10. The van der Waals surface area contributed by atoms with Crippen molar-refractivity contribution in [3.05, 3.63) is 156 Å². The van der Waals surface area contributed by atoms with Gasteiger partial charge < -0.3 is 14.8 Å². The largest absolute Gasteiger partial charge is 0.368 e. The van der Waals surface area contributed by atoms with Crippen LogP contribution in [0.3, 0.4) is 0 Å². The lowest BCUT2D eigenvalue weighted by Crippen LogP contribution is -2.51. The molecule has 250 valence electrons. The predicted octanol–water partition coefficient (Wildman–Crippen LogP) is 11.5. The van der Waals surface area contributed by atoms with E-state index in [2.05, 4.69) is 177 Å². The molecule has 0 bridgehead atoms. The van der Waals surface area contributed by atoms with Crippen molar-refractivity contribution in [3.8, 4) is 5.69 Å². The quantitative estimate of drug-likeness (QED) is 0.204. The van der Waals surface area contributed by atoms with Gasteiger partial charge in [0, 0.05) is 39.6 Å². The van der Waals surface area contributed by atoms with Crippen LogP contribution in [0.4, 0.5) is 5.69 Å². The normalized spacial score (nSPS) is 23.8. The van der Waals surface area contributed by atoms with Gasteiger partial charge in [0.1, 0.15) is 5.82 Å². The molecular formula is C47H47N3. The molecule has 0 saturated carbocycles. The second-order valence-electron chi connectivity index (χ2n) is 15.9. The highest BCUT2D eigenvalue weighted by Gasteiger charge is 2.42. The zero-order chi connectivity index (χ0) is 34.2. The number of hydrogen-bond donors (Lipinski definition) is 1. The van der Waals surface area contributed by atoms with Crippen LogP contribution in [0.5, 0.6) is 0 Å². The van der Waals surface area contributed by atoms with Crippen LogP contribution in [-0.4, -0.2) is 16.7 Å². The maximum atomic E-state index is 3.75. The fourth-order valence-corrected chi connectivity index (χ4v) is 9.62. The third-order valence-corrected chi connectivity index (χ3v) is 12.0. The lowest BCUT2D eigenvalue weighted by molar-refractivity contribution is 0.360. The molecule has 5 aromatic rings. The molecule has 50 heavy (non-hydrogen) atoms. The molecule has 0 saturated heterocycles. The van der Waals surface area contributed by atoms with Gasteiger partial charge in [-0.1, -0.05) is 107 Å². The van der Waals surface area contributed by atoms with Crippen LogP contribution < -0.4 is 10.2 Å². The van der Waals surface area contributed by atoms with Crippen LogP contribution in [-0.2, 0) is 5.41 Å². The number of nitrogens with zero attached hydrogens (tertiary/aromatic N) is 2. The van der Waals surface area contributed by atoms with Crippen LogP contribution in [0.2, 0.25) is 0 Å². The van der Waals surface area contributed by atoms with Crippen molar-refractivity contribution in [2.45, 2.75) is 64.8 Å². The number of aromatic nitrogens is 1. The maximum Gasteiger partial charge on any atom is 0.107 e. The number of hydrogen-bond acceptors (Lipinski definition) is 2. The Hall–Kier alpha value is -5.02. The summed E-state index contributed by atoms with van der Waals surface area (Å²) in [6.07, 6.45) is 17.2. The van der Waals surface area contributed by atoms with Crippen molar-refractivity contribution in [2.75, 3.05) is 11.4 Å². The monoisotopic (exact) mass is 653 g/mol. The van der Waals surface area contributed by atoms with E-state index in [9.17, 15) is 0 Å². The van der Waals surface area contributed by atoms with Gasteiger partial charge in [-0.2, -0.15) is 0 Å². The number of fused-ring (bicyclic) bond motifs is 5. The molecule has 0 amide bonds. The van der Waals surface area contributed by atoms with E-state index in [-0.39, 0.29) is 11.0 Å². The number of allylic oxidation sites excluding steroid dienone is 7. The molecular weight excluding hydrogens is 607 g/mol. The Balaban J connectivity index is 1.10. The third kappa shape index (κ3) is 4.77. The van der Waals surface area contributed by atoms with Crippen LogP contribution in [0.15, 0.2) is 139 Å². The highest BCUT2D eigenvalue weighted by Crippen LogP contribution is 2.53. The molecule has 0 spiro atoms. The molecule has 1 aliphatic heterocycles. The SMILES string of the molecule is CC1C=CC2=C(C1)c1ccc(N(C3=CC=CCN3)C3(C)CC=C(c4ccc5c(c4)c4ccccc4n5-c4ccccc4)C(C)C3)cc1C2(C)C. The first-order chi connectivity index (χ1) is 24.2. The van der Waals surface area contributed by atoms with Crippen molar-refractivity contribution < 1.29 is 0 Å². The van der Waals surface area contributed by atoms with E-state index in [1.54, 1.807) is 5.57 Å². The fourth-order valence-electron chi connectivity index (χ4n) is 9.62. The zero-order valence-electron chi connectivity index (χ0n) is 30.0. The van der Waals surface area contributed by atoms with Crippen molar-refractivity contribution in [2.24, 2.45) is 11.8 Å². The summed E-state index contributed by atoms with van der Waals surface area (Å²) in [7, 11) is 0. The Morgan fingerprint density at radius 1 is 0.840 bits per heavy atom. The van der Waals surface area contributed by atoms with Crippen molar-refractivity contribution in [1.29, 1.82) is 0 Å². The lowest BCUT2D eigenvalue weighted by atomic mass is 9.74. The average Bonchev–Trinajstić information content (AvgIpc) is 3.57. The number of benzene rings is 4. The van der Waals surface area contributed by atoms with Crippen LogP contribution in [0.25, 0.3) is 38.6 Å². The first kappa shape index (κ1) is 31.0. The second-order valence-corrected chi connectivity index (χ2v) is 15.9. The van der Waals surface area contributed by atoms with Crippen LogP contribution in [0, 0.1) is 11.8 Å². The molecule has 3 aliphatic carbocycles. The molecule has 3 nitrogen and oxygen atoms in total. The van der Waals surface area contributed by atoms with E-state index in [1.165, 1.54) is 66.8 Å². The van der Waals surface area contributed by atoms with Crippen LogP contribution >= 0.6 is 0 Å². The molecule has 0 fully saturated rings. The first-order valence-corrected chi connectivity index (χ1v) is 18.5. The standard InChI is InChI=1S/C47H47N3/c1-31-18-22-41-39(27-31)37-21-20-35(29-42(37)46(41,3)4)50(45-17-11-12-26-48-45)47(5)25-24-36(32(2)30-47)33-19-23-44-40(28-33)38-15-9-10-16-43(38)49(44)34-13-7-6-8-14-34/h6-24,28-29,31-32,48H,25-27,30H2,1-5H3. The van der Waals surface area contributed by atoms with E-state index in [0.717, 1.165) is 25.8 Å². The number of rotatable bonds is 5. The Bertz CT molecular complexity index is 2320. The molecule has 4 aromatic carbocycles. The van der Waals surface area contributed by atoms with E-state index in [4.69, 9.17) is 0 Å². The molecule has 3 heteroatoms. The molecule has 2 heterocycles. The summed E-state index contributed by atoms with van der Waals surface area (Å²) in [6, 6.07) is 34.0. The van der Waals surface area contributed by atoms with Gasteiger partial charge >= 0.3 is 0 Å². The molecule has 4 aliphatic rings. The van der Waals surface area contributed by atoms with Crippen molar-refractivity contribution in [1.82, 2.24) is 9.88 Å². The molecule has 0 radical (unpaired) electrons. The van der Waals surface area contributed by atoms with Crippen molar-refractivity contribution in [3.63, 3.8) is 0 Å². The number of anilines is 1. The number of nitrogens with one attached hydrogen (secondary N) is 1. The summed E-state index contributed by atoms with van der Waals surface area (Å²) >= 11 is 0. The summed E-state index contributed by atoms with van der Waals surface area (Å²) in [5.74, 6) is 2.17. The average molecular weight is 654 g/mol. The molecule has 1 aromatic heterocycles. The Morgan fingerprint density at radius 2 is 1.64 bits per heavy atom. The Labute approximate surface area is 297 Å². The lowest BCUT2D eigenvalue weighted by Gasteiger charge is -2.48. The first-order valence-electron chi connectivity index (χ1n) is 18.5. The van der Waals surface area contributed by atoms with Crippen LogP contribution in [0.1, 0.15) is 70.6 Å². The van der Waals surface area contributed by atoms with E-state index in [1.807, 2.05) is 0 Å². The molecule has 9 rings (SSSR count). The minimum absolute atomic E-state index is 0.00657. The van der Waals surface area contributed by atoms with E-state index in [0.29, 0.717) is 11.8 Å². The molecule has 3 unspecified atom stereocenters. The summed E-state index contributed by atoms with van der Waals surface area (Å²) in [5, 5.41) is 6.37. The highest BCUT2D eigenvalue weighted by atomic mass is 15.3. The third-order valence-electron chi connectivity index (χ3n) is 12.0. The maximum absolute atomic E-state index is 3.75. The summed E-state index contributed by atoms with van der Waals surface area (Å²) < 4.78 is 2.40. The topological polar surface area (TPSA) is 20.2 Å². The molecule has 1 N–H and O–H groups in total. The van der Waals surface area contributed by atoms with Gasteiger partial charge in [-0.05, 0) is 120 Å². The van der Waals surface area contributed by atoms with Gasteiger partial charge in [0.15, 0.2) is 0 Å². The van der Waals surface area contributed by atoms with Crippen molar-refractivity contribution >= 4 is 38.6 Å². The zero-order valence-corrected chi connectivity index (χ0v) is 30.0. The van der Waals surface area contributed by atoms with Gasteiger partial charge in [0.25, 0.3) is 0 Å². The van der Waals surface area contributed by atoms with E-state index >= 15 is 0 Å². The smallest absolute Gasteiger partial charge is 0.107 e. The fraction of sp³-hybridized carbons (Fsp3) is 0.277.